The first-order valence-corrected chi connectivity index (χ1v) is 13.2. The van der Waals surface area contributed by atoms with Crippen molar-refractivity contribution in [3.05, 3.63) is 76.2 Å². The van der Waals surface area contributed by atoms with Crippen molar-refractivity contribution in [2.45, 2.75) is 51.3 Å². The maximum Gasteiger partial charge on any atom is 0.413 e. The highest BCUT2D eigenvalue weighted by Crippen LogP contribution is 2.54. The summed E-state index contributed by atoms with van der Waals surface area (Å²) in [5, 5.41) is 27.8. The molecule has 0 spiro atoms. The number of alkyl halides is 3. The summed E-state index contributed by atoms with van der Waals surface area (Å²) >= 11 is 6.53. The molecule has 8 nitrogen and oxygen atoms in total. The molecule has 212 valence electrons. The Hall–Kier alpha value is -4.19. The molecule has 1 aromatic heterocycles. The molecule has 5 rings (SSSR count). The molecule has 1 atom stereocenters. The Bertz CT molecular complexity index is 1670. The van der Waals surface area contributed by atoms with Gasteiger partial charge >= 0.3 is 6.18 Å². The predicted molar refractivity (Wildman–Crippen MR) is 151 cm³/mol. The molecule has 2 aromatic carbocycles. The van der Waals surface area contributed by atoms with Gasteiger partial charge in [0.2, 0.25) is 0 Å². The minimum Gasteiger partial charge on any atom is -0.383 e. The molecular weight excluding hydrogens is 553 g/mol. The SMILES string of the molecule is [2H][C@](Nc1cc(C#N)c2ncc(C#N)c(NCC(C)(C)C)c2c1)(C1=CN(C2(C(F)(F)F)CC2)NN1)c1ccccc1Cl. The van der Waals surface area contributed by atoms with Crippen LogP contribution >= 0.6 is 11.6 Å². The molecule has 0 unspecified atom stereocenters. The minimum atomic E-state index is -4.49. The highest BCUT2D eigenvalue weighted by Gasteiger charge is 2.67. The third-order valence-corrected chi connectivity index (χ3v) is 7.30. The van der Waals surface area contributed by atoms with Crippen LogP contribution in [0.4, 0.5) is 24.5 Å². The summed E-state index contributed by atoms with van der Waals surface area (Å²) in [6.45, 7) is 6.61. The fourth-order valence-corrected chi connectivity index (χ4v) is 4.86. The van der Waals surface area contributed by atoms with Gasteiger partial charge in [0.05, 0.1) is 35.4 Å². The second-order valence-corrected chi connectivity index (χ2v) is 11.7. The van der Waals surface area contributed by atoms with Crippen LogP contribution in [0.2, 0.25) is 5.02 Å². The van der Waals surface area contributed by atoms with Crippen LogP contribution < -0.4 is 21.6 Å². The van der Waals surface area contributed by atoms with Crippen LogP contribution in [0.15, 0.2) is 54.5 Å². The molecule has 1 fully saturated rings. The van der Waals surface area contributed by atoms with Crippen LogP contribution in [0, 0.1) is 28.1 Å². The number of anilines is 2. The van der Waals surface area contributed by atoms with Crippen LogP contribution in [0.3, 0.4) is 0 Å². The summed E-state index contributed by atoms with van der Waals surface area (Å²) in [5.74, 6) is 0. The first-order valence-electron chi connectivity index (χ1n) is 13.4. The molecule has 1 aliphatic heterocycles. The van der Waals surface area contributed by atoms with Crippen molar-refractivity contribution < 1.29 is 14.5 Å². The van der Waals surface area contributed by atoms with E-state index < -0.39 is 17.7 Å². The fourth-order valence-electron chi connectivity index (χ4n) is 4.63. The Kier molecular flexibility index (Phi) is 6.80. The number of hydrazine groups is 2. The molecule has 2 aliphatic rings. The number of pyridine rings is 1. The van der Waals surface area contributed by atoms with E-state index >= 15 is 0 Å². The van der Waals surface area contributed by atoms with Crippen molar-refractivity contribution in [1.29, 1.82) is 10.5 Å². The van der Waals surface area contributed by atoms with E-state index in [1.54, 1.807) is 30.3 Å². The number of nitriles is 2. The first kappa shape index (κ1) is 27.0. The quantitative estimate of drug-likeness (QED) is 0.250. The molecule has 41 heavy (non-hydrogen) atoms. The van der Waals surface area contributed by atoms with E-state index in [0.29, 0.717) is 28.8 Å². The van der Waals surface area contributed by atoms with E-state index in [4.69, 9.17) is 11.6 Å². The second kappa shape index (κ2) is 10.3. The van der Waals surface area contributed by atoms with Crippen molar-refractivity contribution in [3.8, 4) is 12.1 Å². The smallest absolute Gasteiger partial charge is 0.383 e. The average Bonchev–Trinajstić information content (AvgIpc) is 3.60. The van der Waals surface area contributed by atoms with Gasteiger partial charge in [0.25, 0.3) is 0 Å². The number of aromatic nitrogens is 1. The van der Waals surface area contributed by atoms with Crippen molar-refractivity contribution in [1.82, 2.24) is 21.0 Å². The Morgan fingerprint density at radius 1 is 1.17 bits per heavy atom. The Labute approximate surface area is 242 Å². The van der Waals surface area contributed by atoms with Crippen LogP contribution in [0.1, 0.15) is 57.7 Å². The minimum absolute atomic E-state index is 0.0553. The van der Waals surface area contributed by atoms with Gasteiger partial charge in [-0.25, -0.2) is 0 Å². The number of nitrogens with zero attached hydrogens (tertiary/aromatic N) is 4. The molecule has 0 radical (unpaired) electrons. The zero-order valence-corrected chi connectivity index (χ0v) is 23.3. The third-order valence-electron chi connectivity index (χ3n) is 6.97. The largest absolute Gasteiger partial charge is 0.413 e. The van der Waals surface area contributed by atoms with Crippen LogP contribution in [-0.4, -0.2) is 28.3 Å². The van der Waals surface area contributed by atoms with Crippen LogP contribution in [-0.2, 0) is 0 Å². The molecule has 0 saturated heterocycles. The number of hydrogen-bond acceptors (Lipinski definition) is 8. The molecule has 2 heterocycles. The van der Waals surface area contributed by atoms with E-state index in [1.807, 2.05) is 20.8 Å². The number of fused-ring (bicyclic) bond motifs is 1. The van der Waals surface area contributed by atoms with E-state index in [0.717, 1.165) is 5.01 Å². The van der Waals surface area contributed by atoms with Crippen molar-refractivity contribution in [2.24, 2.45) is 5.41 Å². The van der Waals surface area contributed by atoms with Crippen LogP contribution in [0.5, 0.6) is 0 Å². The van der Waals surface area contributed by atoms with Crippen LogP contribution in [0.25, 0.3) is 10.9 Å². The standard InChI is InChI=1S/C29H28ClF3N8/c1-27(2,3)16-37-25-18(13-35)14-36-24-17(12-34)10-19(11-21(24)25)38-26(20-6-4-5-7-22(20)30)23-15-41(40-39-23)28(8-9-28)29(31,32)33/h4-7,10-11,14-15,26,38-40H,8-9,16H2,1-3H3,(H,36,37)/t26-/m1/s1/i26D. The summed E-state index contributed by atoms with van der Waals surface area (Å²) in [6, 6.07) is 12.0. The summed E-state index contributed by atoms with van der Waals surface area (Å²) < 4.78 is 51.3. The lowest BCUT2D eigenvalue weighted by Gasteiger charge is -2.28. The summed E-state index contributed by atoms with van der Waals surface area (Å²) in [5.41, 5.74) is 5.01. The monoisotopic (exact) mass is 581 g/mol. The summed E-state index contributed by atoms with van der Waals surface area (Å²) in [7, 11) is 0. The highest BCUT2D eigenvalue weighted by atomic mass is 35.5. The third kappa shape index (κ3) is 5.43. The topological polar surface area (TPSA) is 112 Å². The predicted octanol–water partition coefficient (Wildman–Crippen LogP) is 6.50. The number of halogens is 4. The number of nitrogens with one attached hydrogen (secondary N) is 4. The Balaban J connectivity index is 1.65. The maximum atomic E-state index is 13.9. The highest BCUT2D eigenvalue weighted by molar-refractivity contribution is 6.31. The fraction of sp³-hybridized carbons (Fsp3) is 0.345. The summed E-state index contributed by atoms with van der Waals surface area (Å²) in [4.78, 5) is 4.35. The van der Waals surface area contributed by atoms with E-state index in [-0.39, 0.29) is 45.7 Å². The van der Waals surface area contributed by atoms with Gasteiger partial charge < -0.3 is 16.1 Å². The van der Waals surface area contributed by atoms with E-state index in [1.165, 1.54) is 18.5 Å². The molecule has 0 bridgehead atoms. The molecule has 0 amide bonds. The first-order chi connectivity index (χ1) is 19.7. The number of benzene rings is 2. The maximum absolute atomic E-state index is 13.9. The number of hydrogen-bond donors (Lipinski definition) is 4. The van der Waals surface area contributed by atoms with Crippen molar-refractivity contribution in [3.63, 3.8) is 0 Å². The lowest BCUT2D eigenvalue weighted by Crippen LogP contribution is -2.52. The van der Waals surface area contributed by atoms with Gasteiger partial charge in [0.15, 0.2) is 5.54 Å². The molecule has 4 N–H and O–H groups in total. The number of rotatable bonds is 7. The van der Waals surface area contributed by atoms with Gasteiger partial charge in [-0.05, 0) is 42.0 Å². The zero-order chi connectivity index (χ0) is 30.5. The van der Waals surface area contributed by atoms with Crippen molar-refractivity contribution >= 4 is 33.9 Å². The van der Waals surface area contributed by atoms with Crippen molar-refractivity contribution in [2.75, 3.05) is 17.2 Å². The normalized spacial score (nSPS) is 17.9. The molecule has 1 saturated carbocycles. The molecule has 1 aliphatic carbocycles. The molecular formula is C29H28ClF3N8. The van der Waals surface area contributed by atoms with E-state index in [9.17, 15) is 25.1 Å². The lowest BCUT2D eigenvalue weighted by atomic mass is 9.96. The average molecular weight is 582 g/mol. The Morgan fingerprint density at radius 3 is 2.49 bits per heavy atom. The van der Waals surface area contributed by atoms with Gasteiger partial charge in [-0.15, -0.1) is 5.53 Å². The lowest BCUT2D eigenvalue weighted by molar-refractivity contribution is -0.195. The van der Waals surface area contributed by atoms with Gasteiger partial charge in [-0.1, -0.05) is 50.6 Å². The zero-order valence-electron chi connectivity index (χ0n) is 23.5. The van der Waals surface area contributed by atoms with Gasteiger partial charge in [0, 0.05) is 35.0 Å². The Morgan fingerprint density at radius 2 is 1.88 bits per heavy atom. The second-order valence-electron chi connectivity index (χ2n) is 11.3. The van der Waals surface area contributed by atoms with Gasteiger partial charge in [0.1, 0.15) is 12.1 Å². The molecule has 12 heteroatoms. The van der Waals surface area contributed by atoms with Gasteiger partial charge in [-0.2, -0.15) is 23.7 Å². The van der Waals surface area contributed by atoms with E-state index in [2.05, 4.69) is 38.7 Å². The summed E-state index contributed by atoms with van der Waals surface area (Å²) in [6.07, 6.45) is -2.04. The van der Waals surface area contributed by atoms with Gasteiger partial charge in [-0.3, -0.25) is 9.99 Å². The molecule has 3 aromatic rings.